The summed E-state index contributed by atoms with van der Waals surface area (Å²) >= 11 is 7.86. The number of thioether (sulfide) groups is 1. The van der Waals surface area contributed by atoms with Crippen LogP contribution in [-0.2, 0) is 18.6 Å². The van der Waals surface area contributed by atoms with Gasteiger partial charge in [0.15, 0.2) is 0 Å². The van der Waals surface area contributed by atoms with Crippen molar-refractivity contribution in [3.8, 4) is 5.69 Å². The van der Waals surface area contributed by atoms with Gasteiger partial charge in [-0.15, -0.1) is 11.8 Å². The predicted molar refractivity (Wildman–Crippen MR) is 108 cm³/mol. The number of hydrogen-bond acceptors (Lipinski definition) is 3. The summed E-state index contributed by atoms with van der Waals surface area (Å²) in [6.07, 6.45) is 2.95. The summed E-state index contributed by atoms with van der Waals surface area (Å²) in [5, 5.41) is 1.61. The van der Waals surface area contributed by atoms with Gasteiger partial charge in [0, 0.05) is 22.0 Å². The molecule has 0 atom stereocenters. The third kappa shape index (κ3) is 3.31. The van der Waals surface area contributed by atoms with E-state index in [1.165, 1.54) is 5.56 Å². The van der Waals surface area contributed by atoms with Crippen molar-refractivity contribution in [1.82, 2.24) is 9.55 Å². The molecule has 0 N–H and O–H groups in total. The van der Waals surface area contributed by atoms with E-state index < -0.39 is 0 Å². The molecule has 3 nitrogen and oxygen atoms in total. The Morgan fingerprint density at radius 1 is 1.15 bits per heavy atom. The fraction of sp³-hybridized carbons (Fsp3) is 0.238. The normalized spacial score (nSPS) is 13.0. The SMILES string of the molecule is Cc1cccc(-n2c3c(c(SCc4ccccc4Cl)nc2=O)CCC3)c1. The fourth-order valence-electron chi connectivity index (χ4n) is 3.44. The zero-order chi connectivity index (χ0) is 18.1. The summed E-state index contributed by atoms with van der Waals surface area (Å²) in [6.45, 7) is 2.04. The van der Waals surface area contributed by atoms with E-state index in [0.717, 1.165) is 51.8 Å². The largest absolute Gasteiger partial charge is 0.353 e. The van der Waals surface area contributed by atoms with Crippen LogP contribution in [0.15, 0.2) is 58.4 Å². The topological polar surface area (TPSA) is 34.9 Å². The minimum absolute atomic E-state index is 0.196. The second-order valence-electron chi connectivity index (χ2n) is 6.53. The molecule has 1 aliphatic carbocycles. The van der Waals surface area contributed by atoms with Crippen molar-refractivity contribution in [2.45, 2.75) is 37.0 Å². The van der Waals surface area contributed by atoms with E-state index >= 15 is 0 Å². The molecule has 0 aliphatic heterocycles. The molecule has 0 spiro atoms. The quantitative estimate of drug-likeness (QED) is 0.471. The molecular formula is C21H19ClN2OS. The van der Waals surface area contributed by atoms with Crippen LogP contribution in [0, 0.1) is 6.92 Å². The van der Waals surface area contributed by atoms with Crippen LogP contribution in [0.2, 0.25) is 5.02 Å². The van der Waals surface area contributed by atoms with Crippen molar-refractivity contribution in [2.75, 3.05) is 0 Å². The number of benzene rings is 2. The van der Waals surface area contributed by atoms with Crippen LogP contribution >= 0.6 is 23.4 Å². The molecule has 3 aromatic rings. The molecule has 26 heavy (non-hydrogen) atoms. The van der Waals surface area contributed by atoms with Crippen molar-refractivity contribution in [3.05, 3.63) is 86.4 Å². The highest BCUT2D eigenvalue weighted by atomic mass is 35.5. The first-order chi connectivity index (χ1) is 12.6. The molecule has 2 aromatic carbocycles. The minimum atomic E-state index is -0.196. The lowest BCUT2D eigenvalue weighted by molar-refractivity contribution is 0.802. The second-order valence-corrected chi connectivity index (χ2v) is 7.90. The summed E-state index contributed by atoms with van der Waals surface area (Å²) in [6, 6.07) is 15.9. The molecule has 0 bridgehead atoms. The van der Waals surface area contributed by atoms with Gasteiger partial charge in [0.1, 0.15) is 5.03 Å². The van der Waals surface area contributed by atoms with Crippen LogP contribution in [-0.4, -0.2) is 9.55 Å². The second kappa shape index (κ2) is 7.29. The van der Waals surface area contributed by atoms with E-state index in [1.807, 2.05) is 55.5 Å². The zero-order valence-corrected chi connectivity index (χ0v) is 16.1. The van der Waals surface area contributed by atoms with Gasteiger partial charge >= 0.3 is 5.69 Å². The van der Waals surface area contributed by atoms with Gasteiger partial charge in [-0.1, -0.05) is 41.9 Å². The van der Waals surface area contributed by atoms with Crippen molar-refractivity contribution in [2.24, 2.45) is 0 Å². The molecule has 0 radical (unpaired) electrons. The van der Waals surface area contributed by atoms with Gasteiger partial charge in [0.05, 0.1) is 5.69 Å². The van der Waals surface area contributed by atoms with Crippen LogP contribution in [0.1, 0.15) is 28.8 Å². The van der Waals surface area contributed by atoms with Gasteiger partial charge in [-0.2, -0.15) is 4.98 Å². The highest BCUT2D eigenvalue weighted by Gasteiger charge is 2.23. The molecule has 1 aromatic heterocycles. The molecule has 0 saturated heterocycles. The van der Waals surface area contributed by atoms with E-state index in [2.05, 4.69) is 4.98 Å². The zero-order valence-electron chi connectivity index (χ0n) is 14.5. The van der Waals surface area contributed by atoms with Gasteiger partial charge in [-0.05, 0) is 55.5 Å². The van der Waals surface area contributed by atoms with Gasteiger partial charge in [-0.25, -0.2) is 4.79 Å². The van der Waals surface area contributed by atoms with Crippen molar-refractivity contribution >= 4 is 23.4 Å². The van der Waals surface area contributed by atoms with Gasteiger partial charge in [-0.3, -0.25) is 4.57 Å². The van der Waals surface area contributed by atoms with Gasteiger partial charge in [0.2, 0.25) is 0 Å². The first-order valence-electron chi connectivity index (χ1n) is 8.71. The molecule has 5 heteroatoms. The number of halogens is 1. The Hall–Kier alpha value is -2.04. The number of hydrogen-bond donors (Lipinski definition) is 0. The summed E-state index contributed by atoms with van der Waals surface area (Å²) in [4.78, 5) is 17.2. The average Bonchev–Trinajstić information content (AvgIpc) is 3.10. The van der Waals surface area contributed by atoms with E-state index in [9.17, 15) is 4.79 Å². The molecule has 1 aliphatic rings. The van der Waals surface area contributed by atoms with Crippen LogP contribution in [0.5, 0.6) is 0 Å². The standard InChI is InChI=1S/C21H19ClN2OS/c1-14-6-4-8-16(12-14)24-19-11-5-9-17(19)20(23-21(24)25)26-13-15-7-2-3-10-18(15)22/h2-4,6-8,10,12H,5,9,11,13H2,1H3. The molecule has 1 heterocycles. The highest BCUT2D eigenvalue weighted by Crippen LogP contribution is 2.33. The molecule has 132 valence electrons. The van der Waals surface area contributed by atoms with Crippen LogP contribution in [0.25, 0.3) is 5.69 Å². The third-order valence-corrected chi connectivity index (χ3v) is 6.12. The fourth-order valence-corrected chi connectivity index (χ4v) is 4.80. The Kier molecular flexibility index (Phi) is 4.88. The summed E-state index contributed by atoms with van der Waals surface area (Å²) in [7, 11) is 0. The minimum Gasteiger partial charge on any atom is -0.265 e. The van der Waals surface area contributed by atoms with Crippen LogP contribution < -0.4 is 5.69 Å². The maximum atomic E-state index is 12.8. The Morgan fingerprint density at radius 3 is 2.81 bits per heavy atom. The lowest BCUT2D eigenvalue weighted by Gasteiger charge is -2.15. The van der Waals surface area contributed by atoms with Crippen molar-refractivity contribution < 1.29 is 0 Å². The molecule has 0 amide bonds. The van der Waals surface area contributed by atoms with E-state index in [4.69, 9.17) is 11.6 Å². The maximum Gasteiger partial charge on any atom is 0.353 e. The smallest absolute Gasteiger partial charge is 0.265 e. The summed E-state index contributed by atoms with van der Waals surface area (Å²) in [5.74, 6) is 0.715. The van der Waals surface area contributed by atoms with Crippen molar-refractivity contribution in [3.63, 3.8) is 0 Å². The number of aryl methyl sites for hydroxylation is 1. The monoisotopic (exact) mass is 382 g/mol. The van der Waals surface area contributed by atoms with E-state index in [1.54, 1.807) is 16.3 Å². The molecular weight excluding hydrogens is 364 g/mol. The lowest BCUT2D eigenvalue weighted by atomic mass is 10.2. The molecule has 0 saturated carbocycles. The van der Waals surface area contributed by atoms with Gasteiger partial charge in [0.25, 0.3) is 0 Å². The Labute approximate surface area is 162 Å². The number of aromatic nitrogens is 2. The highest BCUT2D eigenvalue weighted by molar-refractivity contribution is 7.98. The Bertz CT molecular complexity index is 1030. The molecule has 4 rings (SSSR count). The number of nitrogens with zero attached hydrogens (tertiary/aromatic N) is 2. The Balaban J connectivity index is 1.73. The molecule has 0 fully saturated rings. The van der Waals surface area contributed by atoms with E-state index in [0.29, 0.717) is 5.75 Å². The van der Waals surface area contributed by atoms with Crippen molar-refractivity contribution in [1.29, 1.82) is 0 Å². The first-order valence-corrected chi connectivity index (χ1v) is 10.1. The maximum absolute atomic E-state index is 12.8. The summed E-state index contributed by atoms with van der Waals surface area (Å²) < 4.78 is 1.79. The lowest BCUT2D eigenvalue weighted by Crippen LogP contribution is -2.25. The Morgan fingerprint density at radius 2 is 2.00 bits per heavy atom. The number of fused-ring (bicyclic) bond motifs is 1. The van der Waals surface area contributed by atoms with Crippen LogP contribution in [0.3, 0.4) is 0 Å². The molecule has 0 unspecified atom stereocenters. The summed E-state index contributed by atoms with van der Waals surface area (Å²) in [5.41, 5.74) is 5.23. The predicted octanol–water partition coefficient (Wildman–Crippen LogP) is 4.98. The number of rotatable bonds is 4. The van der Waals surface area contributed by atoms with E-state index in [-0.39, 0.29) is 5.69 Å². The van der Waals surface area contributed by atoms with Crippen LogP contribution in [0.4, 0.5) is 0 Å². The van der Waals surface area contributed by atoms with Gasteiger partial charge < -0.3 is 0 Å². The first kappa shape index (κ1) is 17.4. The third-order valence-electron chi connectivity index (χ3n) is 4.69. The average molecular weight is 383 g/mol.